The fourth-order valence-corrected chi connectivity index (χ4v) is 13.2. The number of Topliss-reactive ketones (excluding diaryl/α,β-unsaturated/α-hetero) is 2. The van der Waals surface area contributed by atoms with Gasteiger partial charge in [-0.25, -0.2) is 4.72 Å². The predicted octanol–water partition coefficient (Wildman–Crippen LogP) is 5.25. The molecule has 6 rings (SSSR count). The average Bonchev–Trinajstić information content (AvgIpc) is 3.51. The van der Waals surface area contributed by atoms with Crippen molar-refractivity contribution in [3.63, 3.8) is 0 Å². The van der Waals surface area contributed by atoms with Gasteiger partial charge in [0.15, 0.2) is 11.6 Å². The van der Waals surface area contributed by atoms with Crippen molar-refractivity contribution >= 4 is 39.5 Å². The van der Waals surface area contributed by atoms with Gasteiger partial charge in [0.1, 0.15) is 0 Å². The summed E-state index contributed by atoms with van der Waals surface area (Å²) in [7, 11) is -4.03. The monoisotopic (exact) mass is 802 g/mol. The summed E-state index contributed by atoms with van der Waals surface area (Å²) in [6.45, 7) is 24.2. The standard InChI is InChI=1S/C43H71N5O7S/c1-12-28-23-41(28,37(53)45-56(54,55)46-19-13-14-20-46)25-33(50)31-24-43(40(10,11)42(43)17-15-18-42)26-48(31)36(52)29(38(4,5)6)22-32(49)34(39(7,8)9)44-35(51)30-16-21-47(30)27(2)3/h27-31,34H,12-26H2,1-11H3,(H,44,51)(H,45,53)/t28-,29-,30-,31+,34-,41-,43-/m1/s1. The lowest BCUT2D eigenvalue weighted by atomic mass is 9.73. The van der Waals surface area contributed by atoms with Gasteiger partial charge in [0, 0.05) is 56.4 Å². The molecule has 0 radical (unpaired) electrons. The molecule has 3 heterocycles. The van der Waals surface area contributed by atoms with E-state index < -0.39 is 50.4 Å². The molecular weight excluding hydrogens is 731 g/mol. The SMILES string of the molecule is CC[C@@H]1C[C@]1(CC(=O)[C@@H]1C[C@@]2(CN1C(=O)[C@@H](CC(=O)[C@@H](NC(=O)[C@H]1CCN1C(C)C)C(C)(C)C)C(C)(C)C)C(C)(C)C21CCC1)C(=O)NS(=O)(=O)N1CCCC1. The maximum absolute atomic E-state index is 15.2. The molecule has 3 amide bonds. The molecule has 56 heavy (non-hydrogen) atoms. The number of likely N-dealkylation sites (tertiary alicyclic amines) is 2. The summed E-state index contributed by atoms with van der Waals surface area (Å²) in [5.74, 6) is -2.32. The molecule has 3 saturated heterocycles. The van der Waals surface area contributed by atoms with Crippen molar-refractivity contribution in [3.8, 4) is 0 Å². The van der Waals surface area contributed by atoms with E-state index in [1.807, 2.05) is 48.5 Å². The number of hydrogen-bond acceptors (Lipinski definition) is 8. The third kappa shape index (κ3) is 6.98. The van der Waals surface area contributed by atoms with Crippen LogP contribution < -0.4 is 10.0 Å². The van der Waals surface area contributed by atoms with Gasteiger partial charge in [-0.1, -0.05) is 75.2 Å². The predicted molar refractivity (Wildman–Crippen MR) is 215 cm³/mol. The van der Waals surface area contributed by atoms with Gasteiger partial charge < -0.3 is 10.2 Å². The third-order valence-electron chi connectivity index (χ3n) is 16.0. The zero-order chi connectivity index (χ0) is 41.6. The van der Waals surface area contributed by atoms with Crippen LogP contribution in [0.3, 0.4) is 0 Å². The molecule has 316 valence electrons. The minimum absolute atomic E-state index is 0.0397. The van der Waals surface area contributed by atoms with Crippen molar-refractivity contribution in [2.24, 2.45) is 44.3 Å². The molecule has 0 unspecified atom stereocenters. The quantitative estimate of drug-likeness (QED) is 0.242. The van der Waals surface area contributed by atoms with Crippen molar-refractivity contribution in [3.05, 3.63) is 0 Å². The second kappa shape index (κ2) is 14.4. The molecule has 0 bridgehead atoms. The van der Waals surface area contributed by atoms with E-state index in [9.17, 15) is 27.6 Å². The molecule has 3 saturated carbocycles. The number of fused-ring (bicyclic) bond motifs is 1. The van der Waals surface area contributed by atoms with E-state index in [1.165, 1.54) is 4.31 Å². The molecule has 3 aliphatic carbocycles. The van der Waals surface area contributed by atoms with Crippen molar-refractivity contribution in [1.29, 1.82) is 0 Å². The lowest BCUT2D eigenvalue weighted by Gasteiger charge is -2.44. The minimum atomic E-state index is -4.03. The van der Waals surface area contributed by atoms with E-state index in [1.54, 1.807) is 4.90 Å². The number of hydrogen-bond donors (Lipinski definition) is 2. The van der Waals surface area contributed by atoms with E-state index in [4.69, 9.17) is 0 Å². The third-order valence-corrected chi connectivity index (χ3v) is 17.5. The summed E-state index contributed by atoms with van der Waals surface area (Å²) in [4.78, 5) is 75.8. The maximum atomic E-state index is 15.2. The number of ketones is 2. The minimum Gasteiger partial charge on any atom is -0.344 e. The summed E-state index contributed by atoms with van der Waals surface area (Å²) >= 11 is 0. The van der Waals surface area contributed by atoms with Crippen LogP contribution in [-0.4, -0.2) is 102 Å². The van der Waals surface area contributed by atoms with Crippen molar-refractivity contribution in [1.82, 2.24) is 24.1 Å². The van der Waals surface area contributed by atoms with Crippen LogP contribution in [0.1, 0.15) is 147 Å². The number of amides is 3. The molecular formula is C43H71N5O7S. The van der Waals surface area contributed by atoms with Crippen LogP contribution in [0.5, 0.6) is 0 Å². The Kier molecular flexibility index (Phi) is 11.1. The molecule has 7 atom stereocenters. The fourth-order valence-electron chi connectivity index (χ4n) is 11.9. The molecule has 6 fully saturated rings. The number of carbonyl (C=O) groups is 5. The van der Waals surface area contributed by atoms with E-state index in [-0.39, 0.29) is 70.5 Å². The molecule has 6 aliphatic rings. The number of nitrogens with one attached hydrogen (secondary N) is 2. The van der Waals surface area contributed by atoms with E-state index in [0.29, 0.717) is 38.9 Å². The summed E-state index contributed by atoms with van der Waals surface area (Å²) in [6.07, 6.45) is 6.77. The Hall–Kier alpha value is -2.38. The highest BCUT2D eigenvalue weighted by Gasteiger charge is 2.85. The number of rotatable bonds is 14. The summed E-state index contributed by atoms with van der Waals surface area (Å²) in [5, 5.41) is 3.09. The fraction of sp³-hybridized carbons (Fsp3) is 0.884. The highest BCUT2D eigenvalue weighted by atomic mass is 32.2. The molecule has 2 N–H and O–H groups in total. The Morgan fingerprint density at radius 2 is 1.46 bits per heavy atom. The van der Waals surface area contributed by atoms with E-state index >= 15 is 4.79 Å². The Labute approximate surface area is 336 Å². The molecule has 0 aromatic rings. The second-order valence-corrected chi connectivity index (χ2v) is 23.2. The van der Waals surface area contributed by atoms with Crippen LogP contribution in [0.4, 0.5) is 0 Å². The first-order valence-electron chi connectivity index (χ1n) is 21.5. The lowest BCUT2D eigenvalue weighted by molar-refractivity contribution is -0.147. The van der Waals surface area contributed by atoms with Crippen LogP contribution in [0.15, 0.2) is 0 Å². The van der Waals surface area contributed by atoms with E-state index in [2.05, 4.69) is 42.6 Å². The zero-order valence-electron chi connectivity index (χ0n) is 36.2. The Morgan fingerprint density at radius 3 is 1.91 bits per heavy atom. The molecule has 2 spiro atoms. The Morgan fingerprint density at radius 1 is 0.839 bits per heavy atom. The first-order chi connectivity index (χ1) is 25.8. The van der Waals surface area contributed by atoms with Gasteiger partial charge in [0.25, 0.3) is 0 Å². The van der Waals surface area contributed by atoms with Crippen molar-refractivity contribution < 1.29 is 32.4 Å². The highest BCUT2D eigenvalue weighted by molar-refractivity contribution is 7.87. The lowest BCUT2D eigenvalue weighted by Crippen LogP contribution is -2.62. The normalized spacial score (nSPS) is 32.1. The van der Waals surface area contributed by atoms with Crippen LogP contribution in [0.2, 0.25) is 0 Å². The van der Waals surface area contributed by atoms with Crippen molar-refractivity contribution in [2.45, 2.75) is 171 Å². The van der Waals surface area contributed by atoms with Gasteiger partial charge in [-0.05, 0) is 86.4 Å². The van der Waals surface area contributed by atoms with E-state index in [0.717, 1.165) is 45.1 Å². The summed E-state index contributed by atoms with van der Waals surface area (Å²) < 4.78 is 30.0. The van der Waals surface area contributed by atoms with Gasteiger partial charge >= 0.3 is 10.2 Å². The van der Waals surface area contributed by atoms with Crippen LogP contribution >= 0.6 is 0 Å². The molecule has 12 nitrogen and oxygen atoms in total. The van der Waals surface area contributed by atoms with Gasteiger partial charge in [0.2, 0.25) is 17.7 Å². The van der Waals surface area contributed by atoms with Crippen LogP contribution in [0.25, 0.3) is 0 Å². The summed E-state index contributed by atoms with van der Waals surface area (Å²) in [5.41, 5.74) is -2.69. The zero-order valence-corrected chi connectivity index (χ0v) is 37.0. The molecule has 0 aromatic carbocycles. The second-order valence-electron chi connectivity index (χ2n) is 21.5. The Balaban J connectivity index is 1.26. The Bertz CT molecular complexity index is 1720. The maximum Gasteiger partial charge on any atom is 0.303 e. The van der Waals surface area contributed by atoms with Gasteiger partial charge in [0.05, 0.1) is 23.5 Å². The largest absolute Gasteiger partial charge is 0.344 e. The first kappa shape index (κ1) is 43.2. The number of carbonyl (C=O) groups excluding carboxylic acids is 5. The van der Waals surface area contributed by atoms with Gasteiger partial charge in [-0.3, -0.25) is 28.9 Å². The van der Waals surface area contributed by atoms with Gasteiger partial charge in [-0.2, -0.15) is 12.7 Å². The average molecular weight is 802 g/mol. The van der Waals surface area contributed by atoms with Crippen LogP contribution in [-0.2, 0) is 34.2 Å². The summed E-state index contributed by atoms with van der Waals surface area (Å²) in [6, 6.07) is -1.66. The topological polar surface area (TPSA) is 153 Å². The smallest absolute Gasteiger partial charge is 0.303 e. The van der Waals surface area contributed by atoms with Crippen LogP contribution in [0, 0.1) is 44.3 Å². The number of nitrogens with zero attached hydrogens (tertiary/aromatic N) is 3. The molecule has 3 aliphatic heterocycles. The molecule has 13 heteroatoms. The molecule has 0 aromatic heterocycles. The van der Waals surface area contributed by atoms with Crippen molar-refractivity contribution in [2.75, 3.05) is 26.2 Å². The first-order valence-corrected chi connectivity index (χ1v) is 23.0. The highest BCUT2D eigenvalue weighted by Crippen LogP contribution is 2.88. The van der Waals surface area contributed by atoms with Gasteiger partial charge in [-0.15, -0.1) is 0 Å².